The van der Waals surface area contributed by atoms with Crippen LogP contribution >= 0.6 is 0 Å². The molecule has 0 aliphatic rings. The second kappa shape index (κ2) is 11.3. The summed E-state index contributed by atoms with van der Waals surface area (Å²) in [4.78, 5) is 12.5. The standard InChI is InChI=1S/C30H40O3Si/c1-7-27-23(2)29(31)24(3)28(33-27)21-15-10-16-22-32-34(30(4,5)6,25-17-11-8-12-18-25)26-19-13-9-14-20-26/h8-9,11-14,17-20H,7,10,15-16,21-22H2,1-6H3. The lowest BCUT2D eigenvalue weighted by Crippen LogP contribution is -2.66. The van der Waals surface area contributed by atoms with Crippen molar-refractivity contribution in [1.29, 1.82) is 0 Å². The molecule has 1 aromatic heterocycles. The van der Waals surface area contributed by atoms with Gasteiger partial charge in [-0.3, -0.25) is 4.79 Å². The molecule has 0 unspecified atom stereocenters. The predicted molar refractivity (Wildman–Crippen MR) is 145 cm³/mol. The van der Waals surface area contributed by atoms with E-state index in [1.54, 1.807) is 0 Å². The van der Waals surface area contributed by atoms with Crippen molar-refractivity contribution < 1.29 is 8.84 Å². The van der Waals surface area contributed by atoms with Crippen LogP contribution in [0.25, 0.3) is 0 Å². The second-order valence-electron chi connectivity index (χ2n) is 10.2. The molecule has 0 amide bonds. The van der Waals surface area contributed by atoms with Crippen LogP contribution in [0.5, 0.6) is 0 Å². The highest BCUT2D eigenvalue weighted by atomic mass is 28.4. The minimum absolute atomic E-state index is 0.00528. The number of hydrogen-bond donors (Lipinski definition) is 0. The smallest absolute Gasteiger partial charge is 0.261 e. The molecule has 2 aromatic carbocycles. The molecule has 0 fully saturated rings. The molecule has 182 valence electrons. The van der Waals surface area contributed by atoms with E-state index >= 15 is 0 Å². The average molecular weight is 477 g/mol. The van der Waals surface area contributed by atoms with Crippen LogP contribution < -0.4 is 15.8 Å². The van der Waals surface area contributed by atoms with Gasteiger partial charge in [-0.25, -0.2) is 0 Å². The summed E-state index contributed by atoms with van der Waals surface area (Å²) in [7, 11) is -2.47. The topological polar surface area (TPSA) is 39.4 Å². The van der Waals surface area contributed by atoms with E-state index in [1.807, 2.05) is 20.8 Å². The summed E-state index contributed by atoms with van der Waals surface area (Å²) in [6.45, 7) is 13.5. The van der Waals surface area contributed by atoms with E-state index in [4.69, 9.17) is 8.84 Å². The van der Waals surface area contributed by atoms with Crippen molar-refractivity contribution in [3.63, 3.8) is 0 Å². The third-order valence-corrected chi connectivity index (χ3v) is 11.9. The van der Waals surface area contributed by atoms with E-state index in [-0.39, 0.29) is 10.5 Å². The van der Waals surface area contributed by atoms with Crippen molar-refractivity contribution in [2.45, 2.75) is 78.7 Å². The lowest BCUT2D eigenvalue weighted by atomic mass is 10.1. The molecule has 0 radical (unpaired) electrons. The maximum atomic E-state index is 12.5. The number of benzene rings is 2. The fourth-order valence-corrected chi connectivity index (χ4v) is 9.57. The molecule has 0 bridgehead atoms. The molecular weight excluding hydrogens is 436 g/mol. The minimum Gasteiger partial charge on any atom is -0.465 e. The lowest BCUT2D eigenvalue weighted by Gasteiger charge is -2.43. The Hall–Kier alpha value is -2.43. The molecule has 34 heavy (non-hydrogen) atoms. The Morgan fingerprint density at radius 2 is 1.32 bits per heavy atom. The highest BCUT2D eigenvalue weighted by molar-refractivity contribution is 6.99. The molecule has 3 aromatic rings. The second-order valence-corrected chi connectivity index (χ2v) is 14.5. The fraction of sp³-hybridized carbons (Fsp3) is 0.433. The Bertz CT molecular complexity index is 1070. The minimum atomic E-state index is -2.47. The van der Waals surface area contributed by atoms with Crippen molar-refractivity contribution >= 4 is 18.7 Å². The zero-order chi connectivity index (χ0) is 24.8. The first-order valence-corrected chi connectivity index (χ1v) is 14.5. The molecule has 0 aliphatic heterocycles. The van der Waals surface area contributed by atoms with Crippen LogP contribution in [-0.2, 0) is 17.3 Å². The predicted octanol–water partition coefficient (Wildman–Crippen LogP) is 6.11. The van der Waals surface area contributed by atoms with E-state index in [1.165, 1.54) is 10.4 Å². The summed E-state index contributed by atoms with van der Waals surface area (Å²) in [5, 5.41) is 2.63. The number of hydrogen-bond acceptors (Lipinski definition) is 3. The fourth-order valence-electron chi connectivity index (χ4n) is 4.96. The van der Waals surface area contributed by atoms with E-state index < -0.39 is 8.32 Å². The summed E-state index contributed by atoms with van der Waals surface area (Å²) in [6.07, 6.45) is 4.56. The Balaban J connectivity index is 1.71. The van der Waals surface area contributed by atoms with E-state index in [9.17, 15) is 4.79 Å². The number of rotatable bonds is 10. The van der Waals surface area contributed by atoms with Crippen LogP contribution in [0.3, 0.4) is 0 Å². The van der Waals surface area contributed by atoms with Crippen molar-refractivity contribution in [3.05, 3.63) is 93.5 Å². The third-order valence-electron chi connectivity index (χ3n) is 6.87. The molecule has 0 N–H and O–H groups in total. The summed E-state index contributed by atoms with van der Waals surface area (Å²) < 4.78 is 13.0. The van der Waals surface area contributed by atoms with Crippen LogP contribution in [0.15, 0.2) is 69.9 Å². The normalized spacial score (nSPS) is 12.2. The highest BCUT2D eigenvalue weighted by Crippen LogP contribution is 2.36. The third kappa shape index (κ3) is 5.45. The van der Waals surface area contributed by atoms with Gasteiger partial charge in [0.2, 0.25) is 0 Å². The van der Waals surface area contributed by atoms with Crippen molar-refractivity contribution in [1.82, 2.24) is 0 Å². The van der Waals surface area contributed by atoms with Crippen LogP contribution in [0.2, 0.25) is 5.04 Å². The van der Waals surface area contributed by atoms with Crippen molar-refractivity contribution in [2.24, 2.45) is 0 Å². The highest BCUT2D eigenvalue weighted by Gasteiger charge is 2.49. The number of unbranched alkanes of at least 4 members (excludes halogenated alkanes) is 2. The Kier molecular flexibility index (Phi) is 8.72. The Morgan fingerprint density at radius 1 is 0.794 bits per heavy atom. The largest absolute Gasteiger partial charge is 0.465 e. The van der Waals surface area contributed by atoms with Gasteiger partial charge >= 0.3 is 0 Å². The van der Waals surface area contributed by atoms with Crippen LogP contribution in [0.1, 0.15) is 69.6 Å². The molecule has 1 heterocycles. The Labute approximate surface area is 206 Å². The SMILES string of the molecule is CCc1oc(CCCCCO[Si](c2ccccc2)(c2ccccc2)C(C)(C)C)c(C)c(=O)c1C. The zero-order valence-electron chi connectivity index (χ0n) is 21.7. The maximum Gasteiger partial charge on any atom is 0.261 e. The molecule has 3 rings (SSSR count). The zero-order valence-corrected chi connectivity index (χ0v) is 22.7. The summed E-state index contributed by atoms with van der Waals surface area (Å²) in [6, 6.07) is 21.6. The van der Waals surface area contributed by atoms with Gasteiger partial charge in [0.1, 0.15) is 11.5 Å². The van der Waals surface area contributed by atoms with Crippen LogP contribution in [-0.4, -0.2) is 14.9 Å². The van der Waals surface area contributed by atoms with Gasteiger partial charge in [-0.1, -0.05) is 94.8 Å². The van der Waals surface area contributed by atoms with E-state index in [2.05, 4.69) is 81.4 Å². The van der Waals surface area contributed by atoms with Crippen LogP contribution in [0, 0.1) is 13.8 Å². The van der Waals surface area contributed by atoms with E-state index in [0.29, 0.717) is 0 Å². The van der Waals surface area contributed by atoms with Gasteiger partial charge < -0.3 is 8.84 Å². The van der Waals surface area contributed by atoms with Crippen molar-refractivity contribution in [3.8, 4) is 0 Å². The molecule has 0 spiro atoms. The number of aryl methyl sites for hydroxylation is 2. The van der Waals surface area contributed by atoms with Gasteiger partial charge in [-0.2, -0.15) is 0 Å². The molecule has 0 saturated heterocycles. The van der Waals surface area contributed by atoms with E-state index in [0.717, 1.165) is 61.4 Å². The Morgan fingerprint density at radius 3 is 1.82 bits per heavy atom. The lowest BCUT2D eigenvalue weighted by molar-refractivity contribution is 0.286. The van der Waals surface area contributed by atoms with Gasteiger partial charge in [0.25, 0.3) is 8.32 Å². The summed E-state index contributed by atoms with van der Waals surface area (Å²) >= 11 is 0. The molecule has 0 saturated carbocycles. The van der Waals surface area contributed by atoms with Gasteiger partial charge in [0, 0.05) is 30.6 Å². The first-order valence-electron chi connectivity index (χ1n) is 12.6. The summed E-state index contributed by atoms with van der Waals surface area (Å²) in [5.74, 6) is 1.67. The summed E-state index contributed by atoms with van der Waals surface area (Å²) in [5.41, 5.74) is 1.65. The van der Waals surface area contributed by atoms with Crippen molar-refractivity contribution in [2.75, 3.05) is 6.61 Å². The molecule has 3 nitrogen and oxygen atoms in total. The average Bonchev–Trinajstić information content (AvgIpc) is 2.84. The van der Waals surface area contributed by atoms with Crippen LogP contribution in [0.4, 0.5) is 0 Å². The first-order chi connectivity index (χ1) is 16.2. The molecular formula is C30H40O3Si. The monoisotopic (exact) mass is 476 g/mol. The first kappa shape index (κ1) is 26.2. The van der Waals surface area contributed by atoms with Gasteiger partial charge in [-0.05, 0) is 42.1 Å². The molecule has 4 heteroatoms. The van der Waals surface area contributed by atoms with Gasteiger partial charge in [-0.15, -0.1) is 0 Å². The molecule has 0 atom stereocenters. The maximum absolute atomic E-state index is 12.5. The molecule has 0 aliphatic carbocycles. The van der Waals surface area contributed by atoms with Gasteiger partial charge in [0.15, 0.2) is 5.43 Å². The quantitative estimate of drug-likeness (QED) is 0.262. The van der Waals surface area contributed by atoms with Gasteiger partial charge in [0.05, 0.1) is 0 Å².